The number of primary amides is 1. The predicted molar refractivity (Wildman–Crippen MR) is 68.3 cm³/mol. The summed E-state index contributed by atoms with van der Waals surface area (Å²) in [6.45, 7) is 2.47. The Morgan fingerprint density at radius 3 is 2.67 bits per heavy atom. The van der Waals surface area contributed by atoms with Crippen LogP contribution in [0.3, 0.4) is 0 Å². The van der Waals surface area contributed by atoms with Crippen LogP contribution in [0.5, 0.6) is 0 Å². The van der Waals surface area contributed by atoms with Crippen molar-refractivity contribution in [3.8, 4) is 0 Å². The van der Waals surface area contributed by atoms with Crippen molar-refractivity contribution in [3.05, 3.63) is 20.8 Å². The van der Waals surface area contributed by atoms with Crippen molar-refractivity contribution in [2.24, 2.45) is 5.73 Å². The molecular weight excluding hydrogens is 238 g/mol. The van der Waals surface area contributed by atoms with Gasteiger partial charge in [0.15, 0.2) is 0 Å². The minimum atomic E-state index is -0.568. The summed E-state index contributed by atoms with van der Waals surface area (Å²) in [5.41, 5.74) is 9.75. The number of hydrogen-bond acceptors (Lipinski definition) is 5. The average molecular weight is 255 g/mol. The van der Waals surface area contributed by atoms with Gasteiger partial charge in [-0.1, -0.05) is 0 Å². The monoisotopic (exact) mass is 255 g/mol. The van der Waals surface area contributed by atoms with Crippen LogP contribution < -0.4 is 28.0 Å². The first kappa shape index (κ1) is 13.8. The molecule has 1 aromatic heterocycles. The molecule has 0 aliphatic rings. The molecule has 1 amide bonds. The number of nitrogens with one attached hydrogen (secondary N) is 2. The summed E-state index contributed by atoms with van der Waals surface area (Å²) in [5.74, 6) is -0.317. The van der Waals surface area contributed by atoms with E-state index in [9.17, 15) is 14.4 Å². The molecule has 0 unspecified atom stereocenters. The Morgan fingerprint density at radius 2 is 2.11 bits per heavy atom. The topological polar surface area (TPSA) is 136 Å². The number of nitrogens with two attached hydrogens (primary N) is 2. The first-order valence-electron chi connectivity index (χ1n) is 5.62. The first-order chi connectivity index (χ1) is 8.47. The second-order valence-corrected chi connectivity index (χ2v) is 3.76. The van der Waals surface area contributed by atoms with Crippen molar-refractivity contribution in [2.45, 2.75) is 26.3 Å². The smallest absolute Gasteiger partial charge is 0.330 e. The molecule has 0 spiro atoms. The van der Waals surface area contributed by atoms with E-state index in [1.807, 2.05) is 0 Å². The van der Waals surface area contributed by atoms with E-state index in [1.165, 1.54) is 4.57 Å². The Bertz CT molecular complexity index is 545. The zero-order valence-electron chi connectivity index (χ0n) is 10.2. The third kappa shape index (κ3) is 3.12. The number of nitrogen functional groups attached to an aromatic ring is 1. The lowest BCUT2D eigenvalue weighted by molar-refractivity contribution is -0.118. The fraction of sp³-hybridized carbons (Fsp3) is 0.500. The second kappa shape index (κ2) is 5.89. The summed E-state index contributed by atoms with van der Waals surface area (Å²) < 4.78 is 1.25. The maximum absolute atomic E-state index is 11.6. The summed E-state index contributed by atoms with van der Waals surface area (Å²) in [6, 6.07) is 0. The highest BCUT2D eigenvalue weighted by Gasteiger charge is 2.10. The van der Waals surface area contributed by atoms with Crippen LogP contribution in [0.15, 0.2) is 9.59 Å². The van der Waals surface area contributed by atoms with E-state index in [1.54, 1.807) is 6.92 Å². The maximum atomic E-state index is 11.6. The first-order valence-corrected chi connectivity index (χ1v) is 5.62. The van der Waals surface area contributed by atoms with Gasteiger partial charge in [0, 0.05) is 19.5 Å². The number of carbonyl (C=O) groups excluding carboxylic acids is 1. The second-order valence-electron chi connectivity index (χ2n) is 3.76. The lowest BCUT2D eigenvalue weighted by atomic mass is 10.3. The number of aromatic nitrogens is 2. The minimum absolute atomic E-state index is 0.0883. The normalized spacial score (nSPS) is 10.3. The molecular formula is C10H17N5O3. The van der Waals surface area contributed by atoms with E-state index >= 15 is 0 Å². The molecule has 0 bridgehead atoms. The van der Waals surface area contributed by atoms with E-state index in [-0.39, 0.29) is 17.9 Å². The molecule has 8 nitrogen and oxygen atoms in total. The van der Waals surface area contributed by atoms with Gasteiger partial charge >= 0.3 is 5.69 Å². The van der Waals surface area contributed by atoms with Crippen LogP contribution in [-0.2, 0) is 11.3 Å². The van der Waals surface area contributed by atoms with Crippen LogP contribution in [0.25, 0.3) is 0 Å². The van der Waals surface area contributed by atoms with Crippen molar-refractivity contribution >= 4 is 17.4 Å². The fourth-order valence-electron chi connectivity index (χ4n) is 1.55. The van der Waals surface area contributed by atoms with Gasteiger partial charge in [0.1, 0.15) is 11.5 Å². The molecule has 0 saturated carbocycles. The molecule has 1 heterocycles. The fourth-order valence-corrected chi connectivity index (χ4v) is 1.55. The van der Waals surface area contributed by atoms with Crippen molar-refractivity contribution in [1.82, 2.24) is 9.55 Å². The number of carbonyl (C=O) groups is 1. The number of hydrogen-bond donors (Lipinski definition) is 4. The molecule has 6 N–H and O–H groups in total. The Balaban J connectivity index is 2.86. The van der Waals surface area contributed by atoms with Gasteiger partial charge in [0.05, 0.1) is 0 Å². The number of nitrogens with zero attached hydrogens (tertiary/aromatic N) is 1. The lowest BCUT2D eigenvalue weighted by Gasteiger charge is -2.11. The van der Waals surface area contributed by atoms with E-state index in [0.717, 1.165) is 0 Å². The van der Waals surface area contributed by atoms with Crippen molar-refractivity contribution in [1.29, 1.82) is 0 Å². The number of aromatic amines is 1. The van der Waals surface area contributed by atoms with Crippen LogP contribution in [0.1, 0.15) is 19.8 Å². The van der Waals surface area contributed by atoms with Crippen LogP contribution >= 0.6 is 0 Å². The SMILES string of the molecule is CCn1c(N)c(NCCCC(N)=O)c(=O)[nH]c1=O. The van der Waals surface area contributed by atoms with E-state index in [2.05, 4.69) is 10.3 Å². The van der Waals surface area contributed by atoms with E-state index in [4.69, 9.17) is 11.5 Å². The van der Waals surface area contributed by atoms with Gasteiger partial charge in [-0.15, -0.1) is 0 Å². The summed E-state index contributed by atoms with van der Waals surface area (Å²) in [4.78, 5) is 35.7. The predicted octanol–water partition coefficient (Wildman–Crippen LogP) is -1.18. The molecule has 8 heteroatoms. The van der Waals surface area contributed by atoms with Gasteiger partial charge in [0.25, 0.3) is 5.56 Å². The zero-order valence-corrected chi connectivity index (χ0v) is 10.2. The highest BCUT2D eigenvalue weighted by molar-refractivity contribution is 5.73. The lowest BCUT2D eigenvalue weighted by Crippen LogP contribution is -2.33. The third-order valence-corrected chi connectivity index (χ3v) is 2.46. The quantitative estimate of drug-likeness (QED) is 0.474. The maximum Gasteiger partial charge on any atom is 0.330 e. The minimum Gasteiger partial charge on any atom is -0.383 e. The average Bonchev–Trinajstić information content (AvgIpc) is 2.27. The highest BCUT2D eigenvalue weighted by Crippen LogP contribution is 2.09. The number of rotatable bonds is 6. The van der Waals surface area contributed by atoms with Gasteiger partial charge in [-0.2, -0.15) is 0 Å². The van der Waals surface area contributed by atoms with Gasteiger partial charge in [-0.25, -0.2) is 4.79 Å². The summed E-state index contributed by atoms with van der Waals surface area (Å²) >= 11 is 0. The highest BCUT2D eigenvalue weighted by atomic mass is 16.2. The van der Waals surface area contributed by atoms with Crippen LogP contribution in [0.2, 0.25) is 0 Å². The standard InChI is InChI=1S/C10H17N5O3/c1-2-15-8(12)7(9(17)14-10(15)18)13-5-3-4-6(11)16/h13H,2-5,12H2,1H3,(H2,11,16)(H,14,17,18). The van der Waals surface area contributed by atoms with Gasteiger partial charge < -0.3 is 16.8 Å². The van der Waals surface area contributed by atoms with Crippen LogP contribution in [0, 0.1) is 0 Å². The van der Waals surface area contributed by atoms with Gasteiger partial charge in [-0.05, 0) is 13.3 Å². The molecule has 0 atom stereocenters. The molecule has 0 aromatic carbocycles. The van der Waals surface area contributed by atoms with Crippen molar-refractivity contribution < 1.29 is 4.79 Å². The zero-order chi connectivity index (χ0) is 13.7. The Hall–Kier alpha value is -2.25. The summed E-state index contributed by atoms with van der Waals surface area (Å²) in [7, 11) is 0. The molecule has 1 rings (SSSR count). The molecule has 18 heavy (non-hydrogen) atoms. The summed E-state index contributed by atoms with van der Waals surface area (Å²) in [5, 5.41) is 2.80. The van der Waals surface area contributed by atoms with Crippen molar-refractivity contribution in [3.63, 3.8) is 0 Å². The number of H-pyrrole nitrogens is 1. The Labute approximate surface area is 103 Å². The molecule has 0 aliphatic carbocycles. The molecule has 1 aromatic rings. The van der Waals surface area contributed by atoms with Gasteiger partial charge in [0.2, 0.25) is 5.91 Å². The Morgan fingerprint density at radius 1 is 1.44 bits per heavy atom. The number of anilines is 2. The van der Waals surface area contributed by atoms with Crippen molar-refractivity contribution in [2.75, 3.05) is 17.6 Å². The third-order valence-electron chi connectivity index (χ3n) is 2.46. The number of amides is 1. The van der Waals surface area contributed by atoms with Gasteiger partial charge in [-0.3, -0.25) is 19.1 Å². The molecule has 0 aliphatic heterocycles. The molecule has 0 radical (unpaired) electrons. The molecule has 0 saturated heterocycles. The van der Waals surface area contributed by atoms with E-state index < -0.39 is 17.2 Å². The van der Waals surface area contributed by atoms with E-state index in [0.29, 0.717) is 19.5 Å². The van der Waals surface area contributed by atoms with Crippen LogP contribution in [-0.4, -0.2) is 22.0 Å². The molecule has 0 fully saturated rings. The Kier molecular flexibility index (Phi) is 4.52. The van der Waals surface area contributed by atoms with Crippen LogP contribution in [0.4, 0.5) is 11.5 Å². The summed E-state index contributed by atoms with van der Waals surface area (Å²) in [6.07, 6.45) is 0.706. The molecule has 100 valence electrons. The largest absolute Gasteiger partial charge is 0.383 e.